The third-order valence-corrected chi connectivity index (χ3v) is 4.74. The quantitative estimate of drug-likeness (QED) is 0.585. The lowest BCUT2D eigenvalue weighted by Gasteiger charge is -2.11. The third-order valence-electron chi connectivity index (χ3n) is 3.75. The number of hydrogen-bond donors (Lipinski definition) is 1. The van der Waals surface area contributed by atoms with Gasteiger partial charge in [0, 0.05) is 15.7 Å². The van der Waals surface area contributed by atoms with Gasteiger partial charge >= 0.3 is 6.01 Å². The van der Waals surface area contributed by atoms with Crippen molar-refractivity contribution in [2.24, 2.45) is 0 Å². The molecular formula is C20H21N3O4S. The molecule has 0 saturated carbocycles. The molecule has 0 aliphatic heterocycles. The maximum absolute atomic E-state index is 12.6. The number of anilines is 1. The number of carbonyl (C=O) groups is 1. The van der Waals surface area contributed by atoms with Crippen LogP contribution in [0.25, 0.3) is 11.5 Å². The van der Waals surface area contributed by atoms with Crippen molar-refractivity contribution >= 4 is 23.7 Å². The van der Waals surface area contributed by atoms with Gasteiger partial charge in [-0.25, -0.2) is 0 Å². The number of para-hydroxylation sites is 1. The molecule has 0 fully saturated rings. The van der Waals surface area contributed by atoms with Crippen LogP contribution in [-0.2, 0) is 0 Å². The number of methoxy groups -OCH3 is 2. The average molecular weight is 399 g/mol. The van der Waals surface area contributed by atoms with Gasteiger partial charge in [-0.15, -0.1) is 16.9 Å². The molecule has 0 bridgehead atoms. The molecule has 0 aliphatic carbocycles. The summed E-state index contributed by atoms with van der Waals surface area (Å²) < 4.78 is 16.1. The highest BCUT2D eigenvalue weighted by Crippen LogP contribution is 2.32. The molecule has 2 aromatic carbocycles. The van der Waals surface area contributed by atoms with E-state index in [2.05, 4.69) is 29.4 Å². The number of rotatable bonds is 7. The minimum absolute atomic E-state index is 0.00629. The van der Waals surface area contributed by atoms with E-state index in [4.69, 9.17) is 13.9 Å². The third kappa shape index (κ3) is 4.45. The monoisotopic (exact) mass is 399 g/mol. The van der Waals surface area contributed by atoms with E-state index in [9.17, 15) is 4.79 Å². The number of ether oxygens (including phenoxy) is 2. The van der Waals surface area contributed by atoms with Crippen molar-refractivity contribution in [2.75, 3.05) is 19.5 Å². The van der Waals surface area contributed by atoms with Gasteiger partial charge in [0.15, 0.2) is 11.5 Å². The van der Waals surface area contributed by atoms with Gasteiger partial charge in [-0.1, -0.05) is 31.1 Å². The van der Waals surface area contributed by atoms with Crippen LogP contribution >= 0.6 is 11.8 Å². The fraction of sp³-hybridized carbons (Fsp3) is 0.250. The minimum Gasteiger partial charge on any atom is -0.493 e. The van der Waals surface area contributed by atoms with Crippen LogP contribution in [0, 0.1) is 0 Å². The van der Waals surface area contributed by atoms with Crippen LogP contribution in [0.15, 0.2) is 51.8 Å². The van der Waals surface area contributed by atoms with E-state index < -0.39 is 5.91 Å². The SMILES string of the molecule is COc1cccc(C(=O)Nc2nnc(-c3cccc(SC(C)C)c3)o2)c1OC. The number of nitrogens with one attached hydrogen (secondary N) is 1. The lowest BCUT2D eigenvalue weighted by Crippen LogP contribution is -2.13. The average Bonchev–Trinajstić information content (AvgIpc) is 3.15. The molecule has 28 heavy (non-hydrogen) atoms. The molecule has 0 unspecified atom stereocenters. The number of amides is 1. The fourth-order valence-corrected chi connectivity index (χ4v) is 3.49. The second kappa shape index (κ2) is 8.79. The molecule has 0 saturated heterocycles. The molecule has 1 heterocycles. The van der Waals surface area contributed by atoms with Crippen LogP contribution in [0.2, 0.25) is 0 Å². The number of nitrogens with zero attached hydrogens (tertiary/aromatic N) is 2. The highest BCUT2D eigenvalue weighted by Gasteiger charge is 2.19. The molecule has 3 rings (SSSR count). The van der Waals surface area contributed by atoms with Crippen molar-refractivity contribution in [1.29, 1.82) is 0 Å². The Morgan fingerprint density at radius 3 is 2.61 bits per heavy atom. The molecule has 8 heteroatoms. The molecule has 0 aliphatic rings. The predicted molar refractivity (Wildman–Crippen MR) is 108 cm³/mol. The van der Waals surface area contributed by atoms with E-state index in [1.807, 2.05) is 24.3 Å². The molecule has 7 nitrogen and oxygen atoms in total. The first-order chi connectivity index (χ1) is 13.5. The Labute approximate surface area is 167 Å². The number of aromatic nitrogens is 2. The van der Waals surface area contributed by atoms with Crippen LogP contribution in [0.5, 0.6) is 11.5 Å². The Morgan fingerprint density at radius 1 is 1.11 bits per heavy atom. The Morgan fingerprint density at radius 2 is 1.89 bits per heavy atom. The zero-order valence-corrected chi connectivity index (χ0v) is 16.9. The van der Waals surface area contributed by atoms with Crippen molar-refractivity contribution in [3.8, 4) is 23.0 Å². The van der Waals surface area contributed by atoms with Crippen LogP contribution in [0.3, 0.4) is 0 Å². The van der Waals surface area contributed by atoms with Gasteiger partial charge in [-0.3, -0.25) is 10.1 Å². The van der Waals surface area contributed by atoms with Crippen molar-refractivity contribution in [3.05, 3.63) is 48.0 Å². The topological polar surface area (TPSA) is 86.5 Å². The van der Waals surface area contributed by atoms with Gasteiger partial charge in [-0.05, 0) is 30.3 Å². The Balaban J connectivity index is 1.79. The lowest BCUT2D eigenvalue weighted by atomic mass is 10.1. The highest BCUT2D eigenvalue weighted by molar-refractivity contribution is 7.99. The summed E-state index contributed by atoms with van der Waals surface area (Å²) in [6, 6.07) is 12.9. The highest BCUT2D eigenvalue weighted by atomic mass is 32.2. The van der Waals surface area contributed by atoms with Crippen LogP contribution in [0.4, 0.5) is 6.01 Å². The van der Waals surface area contributed by atoms with Crippen molar-refractivity contribution < 1.29 is 18.7 Å². The molecule has 146 valence electrons. The van der Waals surface area contributed by atoms with Gasteiger partial charge in [0.05, 0.1) is 19.8 Å². The van der Waals surface area contributed by atoms with Gasteiger partial charge in [-0.2, -0.15) is 0 Å². The molecule has 0 radical (unpaired) electrons. The Bertz CT molecular complexity index is 972. The van der Waals surface area contributed by atoms with Gasteiger partial charge in [0.25, 0.3) is 5.91 Å². The maximum atomic E-state index is 12.6. The van der Waals surface area contributed by atoms with Crippen LogP contribution < -0.4 is 14.8 Å². The second-order valence-corrected chi connectivity index (χ2v) is 7.75. The molecule has 1 aromatic heterocycles. The van der Waals surface area contributed by atoms with Crippen LogP contribution in [-0.4, -0.2) is 35.6 Å². The van der Waals surface area contributed by atoms with E-state index in [-0.39, 0.29) is 6.01 Å². The molecule has 1 N–H and O–H groups in total. The summed E-state index contributed by atoms with van der Waals surface area (Å²) in [6.45, 7) is 4.26. The summed E-state index contributed by atoms with van der Waals surface area (Å²) in [5.74, 6) is 0.690. The molecule has 1 amide bonds. The van der Waals surface area contributed by atoms with Gasteiger partial charge in [0.1, 0.15) is 0 Å². The van der Waals surface area contributed by atoms with Gasteiger partial charge in [0.2, 0.25) is 5.89 Å². The number of thioether (sulfide) groups is 1. The second-order valence-electron chi connectivity index (χ2n) is 6.10. The fourth-order valence-electron chi connectivity index (χ4n) is 2.60. The largest absolute Gasteiger partial charge is 0.493 e. The van der Waals surface area contributed by atoms with E-state index in [1.165, 1.54) is 14.2 Å². The van der Waals surface area contributed by atoms with Crippen LogP contribution in [0.1, 0.15) is 24.2 Å². The van der Waals surface area contributed by atoms with E-state index in [0.717, 1.165) is 10.5 Å². The minimum atomic E-state index is -0.435. The zero-order chi connectivity index (χ0) is 20.1. The number of hydrogen-bond acceptors (Lipinski definition) is 7. The zero-order valence-electron chi connectivity index (χ0n) is 16.1. The molecule has 0 spiro atoms. The predicted octanol–water partition coefficient (Wildman–Crippen LogP) is 4.51. The molecular weight excluding hydrogens is 378 g/mol. The summed E-state index contributed by atoms with van der Waals surface area (Å²) >= 11 is 1.74. The molecule has 0 atom stereocenters. The first kappa shape index (κ1) is 19.8. The Kier molecular flexibility index (Phi) is 6.20. The summed E-state index contributed by atoms with van der Waals surface area (Å²) in [5, 5.41) is 11.0. The van der Waals surface area contributed by atoms with Crippen molar-refractivity contribution in [3.63, 3.8) is 0 Å². The van der Waals surface area contributed by atoms with E-state index in [1.54, 1.807) is 30.0 Å². The first-order valence-corrected chi connectivity index (χ1v) is 9.52. The summed E-state index contributed by atoms with van der Waals surface area (Å²) in [4.78, 5) is 13.7. The number of carbonyl (C=O) groups excluding carboxylic acids is 1. The van der Waals surface area contributed by atoms with Crippen molar-refractivity contribution in [2.45, 2.75) is 24.0 Å². The summed E-state index contributed by atoms with van der Waals surface area (Å²) in [5.41, 5.74) is 1.09. The van der Waals surface area contributed by atoms with Crippen molar-refractivity contribution in [1.82, 2.24) is 10.2 Å². The number of benzene rings is 2. The van der Waals surface area contributed by atoms with E-state index >= 15 is 0 Å². The lowest BCUT2D eigenvalue weighted by molar-refractivity contribution is 0.102. The molecule has 3 aromatic rings. The standard InChI is InChI=1S/C20H21N3O4S/c1-12(2)28-14-8-5-7-13(11-14)19-22-23-20(27-19)21-18(24)15-9-6-10-16(25-3)17(15)26-4/h5-12H,1-4H3,(H,21,23,24). The summed E-state index contributed by atoms with van der Waals surface area (Å²) in [6.07, 6.45) is 0. The Hall–Kier alpha value is -3.00. The first-order valence-electron chi connectivity index (χ1n) is 8.64. The maximum Gasteiger partial charge on any atom is 0.322 e. The smallest absolute Gasteiger partial charge is 0.322 e. The van der Waals surface area contributed by atoms with E-state index in [0.29, 0.717) is 28.2 Å². The normalized spacial score (nSPS) is 10.8. The van der Waals surface area contributed by atoms with Gasteiger partial charge < -0.3 is 13.9 Å². The summed E-state index contributed by atoms with van der Waals surface area (Å²) in [7, 11) is 2.98.